The molecule has 0 fully saturated rings. The van der Waals surface area contributed by atoms with E-state index in [0.717, 1.165) is 19.3 Å². The topological polar surface area (TPSA) is 37.3 Å². The average Bonchev–Trinajstić information content (AvgIpc) is 2.48. The Morgan fingerprint density at radius 3 is 1.43 bits per heavy atom. The number of aliphatic carboxylic acids is 1. The molecule has 0 bridgehead atoms. The molecule has 0 aliphatic rings. The second-order valence-corrected chi connectivity index (χ2v) is 9.59. The molecule has 0 saturated carbocycles. The third kappa shape index (κ3) is 44.9. The summed E-state index contributed by atoms with van der Waals surface area (Å²) in [5.74, 6) is -0.682. The van der Waals surface area contributed by atoms with Gasteiger partial charge in [-0.05, 0) is 6.42 Å². The van der Waals surface area contributed by atoms with Crippen LogP contribution in [0.3, 0.4) is 0 Å². The van der Waals surface area contributed by atoms with Crippen LogP contribution in [-0.4, -0.2) is 32.2 Å². The number of hydrogen-bond acceptors (Lipinski definition) is 1. The molecule has 128 valence electrons. The Morgan fingerprint density at radius 2 is 1.14 bits per heavy atom. The van der Waals surface area contributed by atoms with Crippen LogP contribution in [0.5, 0.6) is 0 Å². The molecular weight excluding hydrogens is 367 g/mol. The van der Waals surface area contributed by atoms with Gasteiger partial charge < -0.3 is 5.11 Å². The van der Waals surface area contributed by atoms with Crippen molar-refractivity contribution in [1.82, 2.24) is 0 Å². The molecule has 1 N–H and O–H groups in total. The van der Waals surface area contributed by atoms with Crippen molar-refractivity contribution in [2.24, 2.45) is 0 Å². The molecule has 0 spiro atoms. The van der Waals surface area contributed by atoms with Crippen molar-refractivity contribution in [1.29, 1.82) is 0 Å². The van der Waals surface area contributed by atoms with Crippen LogP contribution in [0.2, 0.25) is 8.87 Å². The first-order valence-electron chi connectivity index (χ1n) is 9.02. The quantitative estimate of drug-likeness (QED) is 0.310. The van der Waals surface area contributed by atoms with Crippen molar-refractivity contribution in [2.45, 2.75) is 108 Å². The summed E-state index contributed by atoms with van der Waals surface area (Å²) in [7, 11) is 0. The van der Waals surface area contributed by atoms with Gasteiger partial charge in [-0.1, -0.05) is 46.5 Å². The van der Waals surface area contributed by atoms with Gasteiger partial charge in [-0.2, -0.15) is 0 Å². The molecule has 0 aromatic rings. The van der Waals surface area contributed by atoms with Gasteiger partial charge in [0.05, 0.1) is 0 Å². The summed E-state index contributed by atoms with van der Waals surface area (Å²) >= 11 is 0.149. The fourth-order valence-electron chi connectivity index (χ4n) is 1.25. The Balaban J connectivity index is -0.000000249. The van der Waals surface area contributed by atoms with Crippen molar-refractivity contribution in [3.63, 3.8) is 0 Å². The minimum atomic E-state index is -0.682. The molecule has 21 heavy (non-hydrogen) atoms. The van der Waals surface area contributed by atoms with E-state index in [1.165, 1.54) is 38.5 Å². The summed E-state index contributed by atoms with van der Waals surface area (Å²) in [6.07, 6.45) is 11.8. The van der Waals surface area contributed by atoms with Crippen molar-refractivity contribution >= 4 is 27.1 Å². The van der Waals surface area contributed by atoms with Crippen LogP contribution in [-0.2, 0) is 4.79 Å². The summed E-state index contributed by atoms with van der Waals surface area (Å²) in [6.45, 7) is 11.0. The molecule has 2 nitrogen and oxygen atoms in total. The van der Waals surface area contributed by atoms with E-state index in [2.05, 4.69) is 34.6 Å². The van der Waals surface area contributed by atoms with Gasteiger partial charge in [0.15, 0.2) is 0 Å². The molecule has 0 saturated heterocycles. The van der Waals surface area contributed by atoms with Crippen molar-refractivity contribution in [3.8, 4) is 0 Å². The van der Waals surface area contributed by atoms with Gasteiger partial charge in [0.25, 0.3) is 0 Å². The predicted octanol–water partition coefficient (Wildman–Crippen LogP) is 6.59. The molecule has 0 rings (SSSR count). The van der Waals surface area contributed by atoms with Gasteiger partial charge in [-0.15, -0.1) is 0 Å². The fourth-order valence-corrected chi connectivity index (χ4v) is 5.41. The van der Waals surface area contributed by atoms with E-state index in [-0.39, 0.29) is 21.1 Å². The second kappa shape index (κ2) is 28.4. The van der Waals surface area contributed by atoms with Crippen LogP contribution in [0.15, 0.2) is 0 Å². The Labute approximate surface area is 144 Å². The Kier molecular flexibility index (Phi) is 35.4. The summed E-state index contributed by atoms with van der Waals surface area (Å²) < 4.78 is 3.25. The van der Waals surface area contributed by atoms with E-state index >= 15 is 0 Å². The molecule has 0 aromatic heterocycles. The number of carboxylic acid groups (broad SMARTS) is 1. The molecule has 0 aliphatic heterocycles. The first-order chi connectivity index (χ1) is 10.1. The van der Waals surface area contributed by atoms with Crippen LogP contribution in [0, 0.1) is 0 Å². The third-order valence-corrected chi connectivity index (χ3v) is 6.94. The van der Waals surface area contributed by atoms with E-state index in [1.54, 1.807) is 8.87 Å². The summed E-state index contributed by atoms with van der Waals surface area (Å²) in [5.41, 5.74) is 0. The predicted molar refractivity (Wildman–Crippen MR) is 97.5 cm³/mol. The van der Waals surface area contributed by atoms with Crippen LogP contribution in [0.1, 0.15) is 98.8 Å². The van der Waals surface area contributed by atoms with Gasteiger partial charge in [-0.3, -0.25) is 4.79 Å². The zero-order valence-electron chi connectivity index (χ0n) is 15.3. The molecule has 2 radical (unpaired) electrons. The zero-order valence-corrected chi connectivity index (χ0v) is 18.2. The van der Waals surface area contributed by atoms with Gasteiger partial charge in [0, 0.05) is 6.42 Å². The standard InChI is InChI=1S/C6H12O2.C4H10.2C4H9.Sn/c1-2-3-4-5-6(7)8;3*1-3-4-2;/h2-5H2,1H3,(H,7,8);3-4H2,1-2H3;2*1,3-4H2,2H3;. The summed E-state index contributed by atoms with van der Waals surface area (Å²) in [5, 5.41) is 8.14. The van der Waals surface area contributed by atoms with Crippen molar-refractivity contribution in [2.75, 3.05) is 0 Å². The fraction of sp³-hybridized carbons (Fsp3) is 0.944. The maximum absolute atomic E-state index is 9.87. The molecule has 0 amide bonds. The first kappa shape index (κ1) is 26.2. The number of carbonyl (C=O) groups is 1. The van der Waals surface area contributed by atoms with Gasteiger partial charge in [0.2, 0.25) is 0 Å². The second-order valence-electron chi connectivity index (χ2n) is 5.31. The van der Waals surface area contributed by atoms with Crippen LogP contribution in [0.25, 0.3) is 0 Å². The Bertz CT molecular complexity index is 165. The molecule has 0 unspecified atom stereocenters. The van der Waals surface area contributed by atoms with E-state index in [4.69, 9.17) is 5.11 Å². The Morgan fingerprint density at radius 1 is 0.714 bits per heavy atom. The van der Waals surface area contributed by atoms with E-state index in [9.17, 15) is 4.79 Å². The Hall–Kier alpha value is 0.269. The van der Waals surface area contributed by atoms with Crippen molar-refractivity contribution in [3.05, 3.63) is 0 Å². The third-order valence-electron chi connectivity index (χ3n) is 2.91. The molecule has 3 heteroatoms. The number of unbranched alkanes of at least 4 members (excludes halogenated alkanes) is 5. The van der Waals surface area contributed by atoms with E-state index in [1.807, 2.05) is 0 Å². The molecule has 0 aromatic carbocycles. The SMILES string of the molecule is CCCC.CCCCCC(=O)O.CCC[CH2][Sn][CH2]CCC. The minimum absolute atomic E-state index is 0.149. The molecule has 0 heterocycles. The molecule has 0 atom stereocenters. The normalized spacial score (nSPS) is 9.19. The van der Waals surface area contributed by atoms with Gasteiger partial charge >= 0.3 is 75.5 Å². The zero-order chi connectivity index (χ0) is 16.8. The van der Waals surface area contributed by atoms with Gasteiger partial charge in [0.1, 0.15) is 0 Å². The maximum atomic E-state index is 9.87. The number of hydrogen-bond donors (Lipinski definition) is 1. The van der Waals surface area contributed by atoms with E-state index < -0.39 is 5.97 Å². The summed E-state index contributed by atoms with van der Waals surface area (Å²) in [6, 6.07) is 0. The van der Waals surface area contributed by atoms with Crippen LogP contribution in [0.4, 0.5) is 0 Å². The molecule has 0 aliphatic carbocycles. The average molecular weight is 407 g/mol. The number of rotatable bonds is 11. The first-order valence-corrected chi connectivity index (χ1v) is 13.1. The number of carboxylic acids is 1. The van der Waals surface area contributed by atoms with Crippen LogP contribution >= 0.6 is 0 Å². The van der Waals surface area contributed by atoms with Crippen molar-refractivity contribution < 1.29 is 9.90 Å². The van der Waals surface area contributed by atoms with Crippen LogP contribution < -0.4 is 0 Å². The van der Waals surface area contributed by atoms with E-state index in [0.29, 0.717) is 6.42 Å². The monoisotopic (exact) mass is 408 g/mol. The van der Waals surface area contributed by atoms with Gasteiger partial charge in [-0.25, -0.2) is 0 Å². The summed E-state index contributed by atoms with van der Waals surface area (Å²) in [4.78, 5) is 9.87. The molecular formula is C18H40O2Sn.